The van der Waals surface area contributed by atoms with Gasteiger partial charge >= 0.3 is 26.2 Å². The van der Waals surface area contributed by atoms with E-state index in [1.165, 1.54) is 55.7 Å². The molecule has 0 aliphatic heterocycles. The molecule has 0 bridgehead atoms. The van der Waals surface area contributed by atoms with Gasteiger partial charge in [-0.1, -0.05) is 71.8 Å². The summed E-state index contributed by atoms with van der Waals surface area (Å²) < 4.78 is 0. The van der Waals surface area contributed by atoms with Gasteiger partial charge in [0.25, 0.3) is 0 Å². The van der Waals surface area contributed by atoms with Crippen molar-refractivity contribution >= 4 is 12.2 Å². The Bertz CT molecular complexity index is 1330. The zero-order valence-electron chi connectivity index (χ0n) is 21.6. The minimum absolute atomic E-state index is 0. The maximum atomic E-state index is 2.47. The van der Waals surface area contributed by atoms with Gasteiger partial charge in [-0.25, -0.2) is 0 Å². The Balaban J connectivity index is 0.00000280. The molecule has 0 spiro atoms. The molecule has 1 heteroatoms. The van der Waals surface area contributed by atoms with Crippen molar-refractivity contribution in [2.24, 2.45) is 0 Å². The van der Waals surface area contributed by atoms with Crippen LogP contribution in [-0.2, 0) is 26.2 Å². The van der Waals surface area contributed by atoms with E-state index in [-0.39, 0.29) is 26.2 Å². The fourth-order valence-corrected chi connectivity index (χ4v) is 5.94. The Morgan fingerprint density at radius 1 is 0.514 bits per heavy atom. The summed E-state index contributed by atoms with van der Waals surface area (Å²) in [4.78, 5) is 0. The summed E-state index contributed by atoms with van der Waals surface area (Å²) >= 11 is 0. The van der Waals surface area contributed by atoms with Crippen molar-refractivity contribution in [3.63, 3.8) is 0 Å². The predicted octanol–water partition coefficient (Wildman–Crippen LogP) is 9.25. The second-order valence-corrected chi connectivity index (χ2v) is 10.2. The van der Waals surface area contributed by atoms with E-state index < -0.39 is 0 Å². The van der Waals surface area contributed by atoms with Gasteiger partial charge in [0, 0.05) is 0 Å². The number of aryl methyl sites for hydroxylation is 2. The molecule has 37 heavy (non-hydrogen) atoms. The van der Waals surface area contributed by atoms with Gasteiger partial charge < -0.3 is 0 Å². The fraction of sp³-hybridized carbons (Fsp3) is 0.167. The molecule has 0 N–H and O–H groups in total. The molecule has 2 aliphatic carbocycles. The first-order chi connectivity index (χ1) is 17.7. The summed E-state index contributed by atoms with van der Waals surface area (Å²) in [6, 6.07) is 35.1. The second-order valence-electron chi connectivity index (χ2n) is 10.2. The molecule has 0 aromatic heterocycles. The van der Waals surface area contributed by atoms with Crippen LogP contribution in [-0.4, -0.2) is 0 Å². The minimum atomic E-state index is 0. The summed E-state index contributed by atoms with van der Waals surface area (Å²) in [5.41, 5.74) is 14.1. The first-order valence-electron chi connectivity index (χ1n) is 13.1. The van der Waals surface area contributed by atoms with Crippen LogP contribution in [0.1, 0.15) is 69.2 Å². The van der Waals surface area contributed by atoms with Gasteiger partial charge in [-0.15, -0.1) is 24.3 Å². The number of fused-ring (bicyclic) bond motifs is 2. The third-order valence-electron chi connectivity index (χ3n) is 7.86. The van der Waals surface area contributed by atoms with Crippen LogP contribution in [0.4, 0.5) is 0 Å². The van der Waals surface area contributed by atoms with Crippen molar-refractivity contribution in [3.05, 3.63) is 166 Å². The summed E-state index contributed by atoms with van der Waals surface area (Å²) in [5.74, 6) is 0.676. The Hall–Kier alpha value is -3.02. The molecule has 2 unspecified atom stereocenters. The average Bonchev–Trinajstić information content (AvgIpc) is 3.44. The van der Waals surface area contributed by atoms with Crippen molar-refractivity contribution in [3.8, 4) is 0 Å². The maximum Gasteiger partial charge on any atom is 2.00 e. The van der Waals surface area contributed by atoms with Gasteiger partial charge in [0.2, 0.25) is 0 Å². The molecule has 6 rings (SSSR count). The molecular weight excluding hydrogens is 524 g/mol. The molecule has 0 radical (unpaired) electrons. The summed E-state index contributed by atoms with van der Waals surface area (Å²) in [6.07, 6.45) is 12.0. The molecule has 2 atom stereocenters. The van der Waals surface area contributed by atoms with E-state index in [1.54, 1.807) is 0 Å². The monoisotopic (exact) mass is 554 g/mol. The second kappa shape index (κ2) is 11.2. The number of allylic oxidation sites excluding steroid dienone is 2. The van der Waals surface area contributed by atoms with Crippen molar-refractivity contribution in [2.75, 3.05) is 0 Å². The van der Waals surface area contributed by atoms with Gasteiger partial charge in [0.15, 0.2) is 0 Å². The molecule has 0 nitrogen and oxygen atoms in total. The Kier molecular flexibility index (Phi) is 7.73. The summed E-state index contributed by atoms with van der Waals surface area (Å²) in [5, 5.41) is 0. The van der Waals surface area contributed by atoms with Crippen LogP contribution in [0.15, 0.2) is 108 Å². The van der Waals surface area contributed by atoms with Gasteiger partial charge in [0.1, 0.15) is 0 Å². The molecular formula is C36H32Zr. The minimum Gasteiger partial charge on any atom is -0.191 e. The van der Waals surface area contributed by atoms with E-state index in [0.29, 0.717) is 11.8 Å². The number of rotatable bonds is 7. The zero-order valence-corrected chi connectivity index (χ0v) is 24.1. The number of hydrogen-bond donors (Lipinski definition) is 0. The van der Waals surface area contributed by atoms with Gasteiger partial charge in [-0.2, -0.15) is 48.2 Å². The average molecular weight is 556 g/mol. The molecule has 0 saturated carbocycles. The zero-order chi connectivity index (χ0) is 24.5. The van der Waals surface area contributed by atoms with Gasteiger partial charge in [0.05, 0.1) is 0 Å². The standard InChI is InChI=1S/C36H32.Zr/c1-25-11-9-17-31-33(25)23-29(35(31)21-27-13-5-3-6-14-27)19-20-30-24-34-26(2)12-10-18-32(34)36(30)22-28-15-7-4-8-16-28;/h3-18,21-24,35-36H,19-20H2,1-2H3;/q-2;+2. The topological polar surface area (TPSA) is 0 Å². The third-order valence-corrected chi connectivity index (χ3v) is 7.86. The molecule has 0 fully saturated rings. The van der Waals surface area contributed by atoms with E-state index in [2.05, 4.69) is 136 Å². The molecule has 0 saturated heterocycles. The maximum absolute atomic E-state index is 2.47. The molecule has 4 aromatic carbocycles. The van der Waals surface area contributed by atoms with Crippen LogP contribution in [0.3, 0.4) is 0 Å². The van der Waals surface area contributed by atoms with Gasteiger partial charge in [-0.05, 0) is 71.9 Å². The van der Waals surface area contributed by atoms with Crippen LogP contribution < -0.4 is 0 Å². The van der Waals surface area contributed by atoms with Crippen LogP contribution in [0.2, 0.25) is 0 Å². The molecule has 180 valence electrons. The van der Waals surface area contributed by atoms with Crippen LogP contribution in [0.5, 0.6) is 0 Å². The van der Waals surface area contributed by atoms with Crippen LogP contribution in [0, 0.1) is 26.7 Å². The third kappa shape index (κ3) is 5.21. The first kappa shape index (κ1) is 25.6. The van der Waals surface area contributed by atoms with E-state index in [1.807, 2.05) is 0 Å². The normalized spacial score (nSPS) is 17.2. The van der Waals surface area contributed by atoms with E-state index in [9.17, 15) is 0 Å². The fourth-order valence-electron chi connectivity index (χ4n) is 5.94. The van der Waals surface area contributed by atoms with Crippen LogP contribution in [0.25, 0.3) is 12.2 Å². The number of hydrogen-bond acceptors (Lipinski definition) is 0. The smallest absolute Gasteiger partial charge is 0.191 e. The first-order valence-corrected chi connectivity index (χ1v) is 13.1. The van der Waals surface area contributed by atoms with Crippen molar-refractivity contribution in [1.82, 2.24) is 0 Å². The van der Waals surface area contributed by atoms with Crippen molar-refractivity contribution < 1.29 is 26.2 Å². The van der Waals surface area contributed by atoms with Crippen LogP contribution >= 0.6 is 0 Å². The molecule has 4 aromatic rings. The Morgan fingerprint density at radius 2 is 0.919 bits per heavy atom. The van der Waals surface area contributed by atoms with Crippen molar-refractivity contribution in [1.29, 1.82) is 0 Å². The summed E-state index contributed by atoms with van der Waals surface area (Å²) in [6.45, 7) is 4.48. The Morgan fingerprint density at radius 3 is 1.32 bits per heavy atom. The summed E-state index contributed by atoms with van der Waals surface area (Å²) in [7, 11) is 0. The Labute approximate surface area is 241 Å². The molecule has 0 heterocycles. The van der Waals surface area contributed by atoms with E-state index in [0.717, 1.165) is 12.8 Å². The van der Waals surface area contributed by atoms with E-state index >= 15 is 0 Å². The largest absolute Gasteiger partial charge is 2.00 e. The van der Waals surface area contributed by atoms with Crippen molar-refractivity contribution in [2.45, 2.75) is 38.5 Å². The SMILES string of the molecule is Cc1cccc2c1C=C(CCC1=Cc3c(C)cccc3C1[CH-]c1ccccc1)C2[CH-]c1ccccc1.[Zr+2]. The molecule has 2 aliphatic rings. The molecule has 0 amide bonds. The quantitative estimate of drug-likeness (QED) is 0.199. The number of benzene rings is 4. The predicted molar refractivity (Wildman–Crippen MR) is 153 cm³/mol. The van der Waals surface area contributed by atoms with Gasteiger partial charge in [-0.3, -0.25) is 0 Å². The van der Waals surface area contributed by atoms with E-state index in [4.69, 9.17) is 0 Å².